The third-order valence-corrected chi connectivity index (χ3v) is 5.09. The minimum atomic E-state index is 0. The Balaban J connectivity index is 0.00000312. The lowest BCUT2D eigenvalue weighted by Crippen LogP contribution is -2.45. The second kappa shape index (κ2) is 11.7. The molecule has 7 heteroatoms. The fraction of sp³-hybridized carbons (Fsp3) is 0.833. The topological polar surface area (TPSA) is 67.1 Å². The van der Waals surface area contributed by atoms with E-state index >= 15 is 0 Å². The van der Waals surface area contributed by atoms with Crippen LogP contribution in [0.1, 0.15) is 70.4 Å². The zero-order valence-electron chi connectivity index (χ0n) is 16.2. The fourth-order valence-electron chi connectivity index (χ4n) is 3.26. The predicted molar refractivity (Wildman–Crippen MR) is 114 cm³/mol. The summed E-state index contributed by atoms with van der Waals surface area (Å²) < 4.78 is 2.00. The van der Waals surface area contributed by atoms with Crippen molar-refractivity contribution in [2.24, 2.45) is 18.0 Å². The quantitative estimate of drug-likeness (QED) is 0.282. The van der Waals surface area contributed by atoms with Crippen LogP contribution in [0, 0.1) is 12.8 Å². The van der Waals surface area contributed by atoms with E-state index in [1.165, 1.54) is 38.5 Å². The molecule has 0 bridgehead atoms. The highest BCUT2D eigenvalue weighted by molar-refractivity contribution is 14.0. The summed E-state index contributed by atoms with van der Waals surface area (Å²) in [6.45, 7) is 8.00. The fourth-order valence-corrected chi connectivity index (χ4v) is 3.26. The molecule has 25 heavy (non-hydrogen) atoms. The normalized spacial score (nSPS) is 20.9. The van der Waals surface area contributed by atoms with Crippen molar-refractivity contribution in [3.8, 4) is 0 Å². The first-order chi connectivity index (χ1) is 11.6. The molecule has 0 radical (unpaired) electrons. The largest absolute Gasteiger partial charge is 0.356 e. The Hall–Kier alpha value is -0.860. The van der Waals surface area contributed by atoms with E-state index in [1.807, 2.05) is 18.5 Å². The van der Waals surface area contributed by atoms with Gasteiger partial charge in [-0.15, -0.1) is 34.2 Å². The van der Waals surface area contributed by atoms with E-state index in [9.17, 15) is 0 Å². The molecule has 0 saturated heterocycles. The molecule has 0 aliphatic heterocycles. The van der Waals surface area contributed by atoms with Crippen LogP contribution in [0.2, 0.25) is 0 Å². The maximum Gasteiger partial charge on any atom is 0.191 e. The Bertz CT molecular complexity index is 528. The van der Waals surface area contributed by atoms with Gasteiger partial charge < -0.3 is 15.2 Å². The van der Waals surface area contributed by atoms with Gasteiger partial charge in [-0.25, -0.2) is 4.99 Å². The first-order valence-electron chi connectivity index (χ1n) is 9.53. The van der Waals surface area contributed by atoms with Crippen LogP contribution in [0.3, 0.4) is 0 Å². The van der Waals surface area contributed by atoms with Gasteiger partial charge in [0.2, 0.25) is 0 Å². The monoisotopic (exact) mass is 462 g/mol. The Morgan fingerprint density at radius 1 is 1.28 bits per heavy atom. The van der Waals surface area contributed by atoms with Gasteiger partial charge >= 0.3 is 0 Å². The Labute approximate surface area is 169 Å². The molecule has 2 N–H and O–H groups in total. The smallest absolute Gasteiger partial charge is 0.191 e. The van der Waals surface area contributed by atoms with Crippen LogP contribution in [-0.4, -0.2) is 33.3 Å². The highest BCUT2D eigenvalue weighted by Crippen LogP contribution is 2.26. The molecule has 0 aromatic carbocycles. The van der Waals surface area contributed by atoms with Crippen LogP contribution in [0.4, 0.5) is 0 Å². The third-order valence-electron chi connectivity index (χ3n) is 5.09. The zero-order chi connectivity index (χ0) is 17.4. The molecule has 144 valence electrons. The molecule has 1 saturated carbocycles. The van der Waals surface area contributed by atoms with E-state index < -0.39 is 0 Å². The maximum atomic E-state index is 4.76. The van der Waals surface area contributed by atoms with Crippen LogP contribution < -0.4 is 10.6 Å². The highest BCUT2D eigenvalue weighted by atomic mass is 127. The predicted octanol–water partition coefficient (Wildman–Crippen LogP) is 3.55. The van der Waals surface area contributed by atoms with Gasteiger partial charge in [-0.05, 0) is 32.1 Å². The molecule has 1 fully saturated rings. The minimum absolute atomic E-state index is 0. The first-order valence-corrected chi connectivity index (χ1v) is 9.53. The first kappa shape index (κ1) is 22.2. The summed E-state index contributed by atoms with van der Waals surface area (Å²) in [4.78, 5) is 4.76. The SMILES string of the molecule is CCCCNC(=NCc1nnc(C)n1C)NC1CCCC(CC)C1.I. The number of aryl methyl sites for hydroxylation is 1. The summed E-state index contributed by atoms with van der Waals surface area (Å²) in [5, 5.41) is 15.5. The molecule has 2 rings (SSSR count). The molecular weight excluding hydrogens is 427 g/mol. The van der Waals surface area contributed by atoms with Crippen molar-refractivity contribution in [1.82, 2.24) is 25.4 Å². The average Bonchev–Trinajstić information content (AvgIpc) is 2.91. The molecular formula is C18H35IN6. The van der Waals surface area contributed by atoms with Crippen LogP contribution >= 0.6 is 24.0 Å². The van der Waals surface area contributed by atoms with E-state index in [0.29, 0.717) is 12.6 Å². The van der Waals surface area contributed by atoms with Crippen LogP contribution in [0.25, 0.3) is 0 Å². The molecule has 1 aliphatic rings. The molecule has 2 atom stereocenters. The van der Waals surface area contributed by atoms with Crippen LogP contribution in [0.5, 0.6) is 0 Å². The van der Waals surface area contributed by atoms with Crippen LogP contribution in [-0.2, 0) is 13.6 Å². The van der Waals surface area contributed by atoms with Crippen molar-refractivity contribution in [3.05, 3.63) is 11.6 Å². The summed E-state index contributed by atoms with van der Waals surface area (Å²) in [7, 11) is 1.99. The number of rotatable bonds is 7. The van der Waals surface area contributed by atoms with Gasteiger partial charge in [0.1, 0.15) is 12.4 Å². The number of hydrogen-bond donors (Lipinski definition) is 2. The Morgan fingerprint density at radius 2 is 2.08 bits per heavy atom. The molecule has 0 spiro atoms. The van der Waals surface area contributed by atoms with Crippen molar-refractivity contribution >= 4 is 29.9 Å². The average molecular weight is 462 g/mol. The second-order valence-electron chi connectivity index (χ2n) is 6.95. The van der Waals surface area contributed by atoms with Gasteiger partial charge in [0.25, 0.3) is 0 Å². The third kappa shape index (κ3) is 7.11. The number of hydrogen-bond acceptors (Lipinski definition) is 3. The molecule has 2 unspecified atom stereocenters. The maximum absolute atomic E-state index is 4.76. The lowest BCUT2D eigenvalue weighted by molar-refractivity contribution is 0.298. The molecule has 0 amide bonds. The number of aliphatic imine (C=N–C) groups is 1. The number of guanidine groups is 1. The van der Waals surface area contributed by atoms with Gasteiger partial charge in [-0.2, -0.15) is 0 Å². The number of halogens is 1. The number of aromatic nitrogens is 3. The molecule has 1 aromatic rings. The summed E-state index contributed by atoms with van der Waals surface area (Å²) >= 11 is 0. The van der Waals surface area contributed by atoms with Crippen molar-refractivity contribution in [2.75, 3.05) is 6.54 Å². The Morgan fingerprint density at radius 3 is 2.72 bits per heavy atom. The number of nitrogens with one attached hydrogen (secondary N) is 2. The van der Waals surface area contributed by atoms with E-state index in [-0.39, 0.29) is 24.0 Å². The van der Waals surface area contributed by atoms with Gasteiger partial charge in [0, 0.05) is 19.6 Å². The summed E-state index contributed by atoms with van der Waals surface area (Å²) in [6.07, 6.45) is 8.83. The second-order valence-corrected chi connectivity index (χ2v) is 6.95. The standard InChI is InChI=1S/C18H34N6.HI/c1-5-7-11-19-18(20-13-17-23-22-14(3)24(17)4)21-16-10-8-9-15(6-2)12-16;/h15-16H,5-13H2,1-4H3,(H2,19,20,21);1H. The molecule has 1 aromatic heterocycles. The zero-order valence-corrected chi connectivity index (χ0v) is 18.5. The van der Waals surface area contributed by atoms with Gasteiger partial charge in [0.15, 0.2) is 11.8 Å². The van der Waals surface area contributed by atoms with Gasteiger partial charge in [-0.3, -0.25) is 0 Å². The number of nitrogens with zero attached hydrogens (tertiary/aromatic N) is 4. The number of unbranched alkanes of at least 4 members (excludes halogenated alkanes) is 1. The van der Waals surface area contributed by atoms with Crippen molar-refractivity contribution in [2.45, 2.75) is 78.3 Å². The Kier molecular flexibility index (Phi) is 10.4. The van der Waals surface area contributed by atoms with Gasteiger partial charge in [-0.1, -0.05) is 39.5 Å². The van der Waals surface area contributed by atoms with Crippen molar-refractivity contribution < 1.29 is 0 Å². The highest BCUT2D eigenvalue weighted by Gasteiger charge is 2.21. The minimum Gasteiger partial charge on any atom is -0.356 e. The van der Waals surface area contributed by atoms with Crippen molar-refractivity contribution in [3.63, 3.8) is 0 Å². The summed E-state index contributed by atoms with van der Waals surface area (Å²) in [5.74, 6) is 3.60. The summed E-state index contributed by atoms with van der Waals surface area (Å²) in [6, 6.07) is 0.540. The van der Waals surface area contributed by atoms with E-state index in [4.69, 9.17) is 4.99 Å². The van der Waals surface area contributed by atoms with Crippen molar-refractivity contribution in [1.29, 1.82) is 0 Å². The van der Waals surface area contributed by atoms with Crippen LogP contribution in [0.15, 0.2) is 4.99 Å². The van der Waals surface area contributed by atoms with E-state index in [0.717, 1.165) is 36.5 Å². The van der Waals surface area contributed by atoms with E-state index in [1.54, 1.807) is 0 Å². The molecule has 6 nitrogen and oxygen atoms in total. The molecule has 1 heterocycles. The van der Waals surface area contributed by atoms with E-state index in [2.05, 4.69) is 34.7 Å². The molecule has 1 aliphatic carbocycles. The lowest BCUT2D eigenvalue weighted by atomic mass is 9.84. The summed E-state index contributed by atoms with van der Waals surface area (Å²) in [5.41, 5.74) is 0. The van der Waals surface area contributed by atoms with Gasteiger partial charge in [0.05, 0.1) is 0 Å². The lowest BCUT2D eigenvalue weighted by Gasteiger charge is -2.30.